The number of carbonyl (C=O) groups is 2. The molecule has 5 rings (SSSR count). The first-order valence-corrected chi connectivity index (χ1v) is 13.4. The summed E-state index contributed by atoms with van der Waals surface area (Å²) in [6.07, 6.45) is -5.31. The summed E-state index contributed by atoms with van der Waals surface area (Å²) in [5.74, 6) is -4.23. The predicted molar refractivity (Wildman–Crippen MR) is 146 cm³/mol. The summed E-state index contributed by atoms with van der Waals surface area (Å²) in [6.45, 7) is 8.69. The third-order valence-corrected chi connectivity index (χ3v) is 6.97. The standard InChI is InChI=1S/C24H31N5.2C2HF3O2/c1-19-7-5-8-20(15-19)16-27-14-13-26(2)22(18-27)21-17-29-23(25-21)9-6-10-24(29)28-11-3-4-12-28;2*3-2(4,5)1(6)7/h5-10,15,17,22H,3-4,11-14,16,18H2,1-2H3;2*(H,6,7). The number of halogens is 6. The smallest absolute Gasteiger partial charge is 0.475 e. The van der Waals surface area contributed by atoms with E-state index >= 15 is 0 Å². The number of imidazole rings is 1. The number of carboxylic acids is 2. The van der Waals surface area contributed by atoms with Gasteiger partial charge in [-0.1, -0.05) is 35.9 Å². The molecule has 2 aliphatic heterocycles. The van der Waals surface area contributed by atoms with Crippen molar-refractivity contribution in [3.8, 4) is 0 Å². The monoisotopic (exact) mass is 617 g/mol. The number of rotatable bonds is 4. The number of aromatic nitrogens is 2. The molecule has 15 heteroatoms. The summed E-state index contributed by atoms with van der Waals surface area (Å²) in [7, 11) is 2.24. The number of piperazine rings is 1. The Morgan fingerprint density at radius 1 is 0.907 bits per heavy atom. The predicted octanol–water partition coefficient (Wildman–Crippen LogP) is 5.00. The van der Waals surface area contributed by atoms with Gasteiger partial charge in [-0.25, -0.2) is 14.6 Å². The van der Waals surface area contributed by atoms with Gasteiger partial charge in [0.05, 0.1) is 11.7 Å². The largest absolute Gasteiger partial charge is 0.490 e. The van der Waals surface area contributed by atoms with Crippen molar-refractivity contribution in [3.63, 3.8) is 0 Å². The summed E-state index contributed by atoms with van der Waals surface area (Å²) in [6, 6.07) is 15.7. The summed E-state index contributed by atoms with van der Waals surface area (Å²) < 4.78 is 65.8. The molecular formula is C28H33F6N5O4. The number of carboxylic acid groups (broad SMARTS) is 2. The van der Waals surface area contributed by atoms with Gasteiger partial charge in [0.15, 0.2) is 0 Å². The first kappa shape index (κ1) is 33.6. The van der Waals surface area contributed by atoms with Crippen LogP contribution in [0.4, 0.5) is 32.2 Å². The second-order valence-corrected chi connectivity index (χ2v) is 10.3. The number of hydrogen-bond donors (Lipinski definition) is 2. The molecular weight excluding hydrogens is 584 g/mol. The van der Waals surface area contributed by atoms with E-state index in [1.807, 2.05) is 0 Å². The van der Waals surface area contributed by atoms with Crippen LogP contribution < -0.4 is 4.90 Å². The van der Waals surface area contributed by atoms with Crippen LogP contribution in [0.2, 0.25) is 0 Å². The van der Waals surface area contributed by atoms with Gasteiger partial charge < -0.3 is 15.1 Å². The van der Waals surface area contributed by atoms with Crippen LogP contribution in [0.15, 0.2) is 48.7 Å². The fourth-order valence-corrected chi connectivity index (χ4v) is 4.84. The number of nitrogens with zero attached hydrogens (tertiary/aromatic N) is 5. The number of anilines is 1. The summed E-state index contributed by atoms with van der Waals surface area (Å²) in [4.78, 5) is 30.4. The molecule has 0 radical (unpaired) electrons. The Bertz CT molecular complexity index is 1360. The highest BCUT2D eigenvalue weighted by atomic mass is 19.4. The van der Waals surface area contributed by atoms with E-state index in [1.54, 1.807) is 0 Å². The van der Waals surface area contributed by atoms with Crippen LogP contribution >= 0.6 is 0 Å². The van der Waals surface area contributed by atoms with Crippen LogP contribution in [0.3, 0.4) is 0 Å². The Morgan fingerprint density at radius 3 is 2.05 bits per heavy atom. The average Bonchev–Trinajstić information content (AvgIpc) is 3.60. The van der Waals surface area contributed by atoms with Crippen molar-refractivity contribution in [2.24, 2.45) is 0 Å². The number of benzene rings is 1. The van der Waals surface area contributed by atoms with Crippen LogP contribution in [-0.4, -0.2) is 93.5 Å². The third kappa shape index (κ3) is 9.58. The number of alkyl halides is 6. The highest BCUT2D eigenvalue weighted by Crippen LogP contribution is 2.28. The molecule has 2 aromatic heterocycles. The minimum absolute atomic E-state index is 0.333. The maximum atomic E-state index is 10.6. The molecule has 43 heavy (non-hydrogen) atoms. The van der Waals surface area contributed by atoms with Gasteiger partial charge in [-0.15, -0.1) is 0 Å². The Balaban J connectivity index is 0.000000303. The van der Waals surface area contributed by atoms with Gasteiger partial charge >= 0.3 is 24.3 Å². The van der Waals surface area contributed by atoms with E-state index in [-0.39, 0.29) is 0 Å². The molecule has 0 saturated carbocycles. The Hall–Kier alpha value is -3.85. The number of hydrogen-bond acceptors (Lipinski definition) is 6. The first-order chi connectivity index (χ1) is 20.1. The molecule has 2 saturated heterocycles. The highest BCUT2D eigenvalue weighted by molar-refractivity contribution is 5.73. The lowest BCUT2D eigenvalue weighted by atomic mass is 10.1. The lowest BCUT2D eigenvalue weighted by Gasteiger charge is -2.38. The van der Waals surface area contributed by atoms with Crippen molar-refractivity contribution < 1.29 is 46.1 Å². The number of aliphatic carboxylic acids is 2. The molecule has 2 N–H and O–H groups in total. The summed E-state index contributed by atoms with van der Waals surface area (Å²) in [5.41, 5.74) is 4.99. The van der Waals surface area contributed by atoms with E-state index in [9.17, 15) is 26.3 Å². The molecule has 0 amide bonds. The van der Waals surface area contributed by atoms with Gasteiger partial charge in [-0.05, 0) is 44.5 Å². The van der Waals surface area contributed by atoms with E-state index in [2.05, 4.69) is 81.7 Å². The second-order valence-electron chi connectivity index (χ2n) is 10.3. The van der Waals surface area contributed by atoms with Crippen molar-refractivity contribution >= 4 is 23.4 Å². The summed E-state index contributed by atoms with van der Waals surface area (Å²) >= 11 is 0. The van der Waals surface area contributed by atoms with Gasteiger partial charge in [0.25, 0.3) is 0 Å². The molecule has 9 nitrogen and oxygen atoms in total. The maximum Gasteiger partial charge on any atom is 0.490 e. The topological polar surface area (TPSA) is 102 Å². The zero-order valence-corrected chi connectivity index (χ0v) is 23.6. The molecule has 2 aliphatic rings. The Morgan fingerprint density at radius 2 is 1.49 bits per heavy atom. The van der Waals surface area contributed by atoms with E-state index in [1.165, 1.54) is 35.5 Å². The highest BCUT2D eigenvalue weighted by Gasteiger charge is 2.39. The Kier molecular flexibility index (Phi) is 11.0. The van der Waals surface area contributed by atoms with Crippen LogP contribution in [0.25, 0.3) is 5.65 Å². The fraction of sp³-hybridized carbons (Fsp3) is 0.464. The van der Waals surface area contributed by atoms with Gasteiger partial charge in [0.2, 0.25) is 0 Å². The second kappa shape index (κ2) is 14.1. The first-order valence-electron chi connectivity index (χ1n) is 13.4. The summed E-state index contributed by atoms with van der Waals surface area (Å²) in [5, 5.41) is 14.2. The molecule has 0 spiro atoms. The third-order valence-electron chi connectivity index (χ3n) is 6.97. The van der Waals surface area contributed by atoms with Crippen molar-refractivity contribution in [1.29, 1.82) is 0 Å². The van der Waals surface area contributed by atoms with Crippen molar-refractivity contribution in [2.75, 3.05) is 44.7 Å². The van der Waals surface area contributed by atoms with E-state index in [4.69, 9.17) is 24.8 Å². The molecule has 1 aromatic carbocycles. The minimum atomic E-state index is -5.08. The SMILES string of the molecule is Cc1cccc(CN2CCN(C)C(c3cn4c(N5CCCC5)cccc4n3)C2)c1.O=C(O)C(F)(F)F.O=C(O)C(F)(F)F. The van der Waals surface area contributed by atoms with Gasteiger partial charge in [-0.2, -0.15) is 26.3 Å². The molecule has 0 bridgehead atoms. The number of fused-ring (bicyclic) bond motifs is 1. The number of aryl methyl sites for hydroxylation is 1. The van der Waals surface area contributed by atoms with Crippen LogP contribution in [0.1, 0.15) is 35.7 Å². The number of pyridine rings is 1. The molecule has 1 unspecified atom stereocenters. The fourth-order valence-electron chi connectivity index (χ4n) is 4.84. The molecule has 0 aliphatic carbocycles. The molecule has 236 valence electrons. The molecule has 1 atom stereocenters. The minimum Gasteiger partial charge on any atom is -0.475 e. The molecule has 4 heterocycles. The van der Waals surface area contributed by atoms with Crippen molar-refractivity contribution in [2.45, 2.75) is 44.7 Å². The quantitative estimate of drug-likeness (QED) is 0.395. The van der Waals surface area contributed by atoms with E-state index in [0.29, 0.717) is 6.04 Å². The zero-order valence-electron chi connectivity index (χ0n) is 23.6. The van der Waals surface area contributed by atoms with Crippen LogP contribution in [0, 0.1) is 6.92 Å². The average molecular weight is 618 g/mol. The maximum absolute atomic E-state index is 10.6. The van der Waals surface area contributed by atoms with Gasteiger partial charge in [-0.3, -0.25) is 14.2 Å². The van der Waals surface area contributed by atoms with Crippen molar-refractivity contribution in [3.05, 3.63) is 65.5 Å². The van der Waals surface area contributed by atoms with Gasteiger partial charge in [0.1, 0.15) is 11.5 Å². The normalized spacial score (nSPS) is 18.0. The number of likely N-dealkylation sites (N-methyl/N-ethyl adjacent to an activating group) is 1. The molecule has 3 aromatic rings. The van der Waals surface area contributed by atoms with E-state index < -0.39 is 24.3 Å². The zero-order chi connectivity index (χ0) is 31.9. The molecule has 2 fully saturated rings. The van der Waals surface area contributed by atoms with Crippen LogP contribution in [-0.2, 0) is 16.1 Å². The van der Waals surface area contributed by atoms with E-state index in [0.717, 1.165) is 44.9 Å². The lowest BCUT2D eigenvalue weighted by Crippen LogP contribution is -2.46. The Labute approximate surface area is 243 Å². The van der Waals surface area contributed by atoms with Crippen LogP contribution in [0.5, 0.6) is 0 Å². The lowest BCUT2D eigenvalue weighted by molar-refractivity contribution is -0.193. The van der Waals surface area contributed by atoms with Crippen molar-refractivity contribution in [1.82, 2.24) is 19.2 Å². The van der Waals surface area contributed by atoms with Gasteiger partial charge in [0, 0.05) is 45.5 Å².